The number of carbonyl (C=O) groups is 3. The van der Waals surface area contributed by atoms with E-state index >= 15 is 0 Å². The normalized spacial score (nSPS) is 10.1. The van der Waals surface area contributed by atoms with Gasteiger partial charge in [-0.1, -0.05) is 13.2 Å². The van der Waals surface area contributed by atoms with Crippen molar-refractivity contribution in [3.05, 3.63) is 37.0 Å². The monoisotopic (exact) mass is 298 g/mol. The molecule has 0 heterocycles. The smallest absolute Gasteiger partial charge is 0.337 e. The van der Waals surface area contributed by atoms with Gasteiger partial charge in [0, 0.05) is 12.2 Å². The van der Waals surface area contributed by atoms with Gasteiger partial charge >= 0.3 is 17.9 Å². The van der Waals surface area contributed by atoms with Gasteiger partial charge in [-0.2, -0.15) is 0 Å². The summed E-state index contributed by atoms with van der Waals surface area (Å²) >= 11 is 0. The molecule has 0 atom stereocenters. The number of ether oxygens (including phenoxy) is 2. The number of hydrogen-bond acceptors (Lipinski definition) is 5. The minimum absolute atomic E-state index is 0.0271. The van der Waals surface area contributed by atoms with Crippen molar-refractivity contribution < 1.29 is 29.0 Å². The van der Waals surface area contributed by atoms with Crippen LogP contribution >= 0.6 is 0 Å². The number of hydrogen-bond donors (Lipinski definition) is 1. The van der Waals surface area contributed by atoms with Gasteiger partial charge in [-0.25, -0.2) is 14.4 Å². The van der Waals surface area contributed by atoms with E-state index in [1.807, 2.05) is 20.8 Å². The first-order valence-electron chi connectivity index (χ1n) is 6.16. The van der Waals surface area contributed by atoms with Crippen molar-refractivity contribution in [1.82, 2.24) is 0 Å². The van der Waals surface area contributed by atoms with E-state index in [1.54, 1.807) is 6.92 Å². The van der Waals surface area contributed by atoms with Crippen LogP contribution in [-0.4, -0.2) is 35.2 Å². The number of aliphatic carboxylic acids is 1. The van der Waals surface area contributed by atoms with Crippen molar-refractivity contribution in [2.45, 2.75) is 33.3 Å². The molecule has 0 radical (unpaired) electrons. The summed E-state index contributed by atoms with van der Waals surface area (Å²) in [6.45, 7) is 13.9. The summed E-state index contributed by atoms with van der Waals surface area (Å²) in [5.74, 6) is -2.10. The van der Waals surface area contributed by atoms with Crippen LogP contribution in [0, 0.1) is 0 Å². The maximum absolute atomic E-state index is 10.8. The third-order valence-corrected chi connectivity index (χ3v) is 1.54. The molecule has 0 saturated carbocycles. The largest absolute Gasteiger partial charge is 0.478 e. The van der Waals surface area contributed by atoms with Crippen LogP contribution in [0.3, 0.4) is 0 Å². The lowest BCUT2D eigenvalue weighted by atomic mass is 10.2. The Morgan fingerprint density at radius 3 is 2.00 bits per heavy atom. The Bertz CT molecular complexity index is 426. The number of carbonyl (C=O) groups excluding carboxylic acids is 2. The lowest BCUT2D eigenvalue weighted by Crippen LogP contribution is -2.22. The van der Waals surface area contributed by atoms with Gasteiger partial charge in [-0.3, -0.25) is 0 Å². The maximum atomic E-state index is 10.8. The first kappa shape index (κ1) is 20.9. The van der Waals surface area contributed by atoms with Crippen molar-refractivity contribution in [3.63, 3.8) is 0 Å². The third-order valence-electron chi connectivity index (χ3n) is 1.54. The molecule has 0 rings (SSSR count). The van der Waals surface area contributed by atoms with Crippen LogP contribution in [0.1, 0.15) is 27.7 Å². The van der Waals surface area contributed by atoms with Gasteiger partial charge in [0.15, 0.2) is 0 Å². The van der Waals surface area contributed by atoms with Crippen LogP contribution in [0.2, 0.25) is 0 Å². The number of carboxylic acids is 1. The van der Waals surface area contributed by atoms with Gasteiger partial charge in [0.25, 0.3) is 0 Å². The van der Waals surface area contributed by atoms with E-state index < -0.39 is 17.5 Å². The molecule has 0 fully saturated rings. The second kappa shape index (κ2) is 10.4. The molecule has 0 spiro atoms. The van der Waals surface area contributed by atoms with Gasteiger partial charge in [-0.05, 0) is 33.8 Å². The molecule has 0 amide bonds. The van der Waals surface area contributed by atoms with Crippen molar-refractivity contribution in [2.75, 3.05) is 6.61 Å². The molecular formula is C15H22O6. The molecule has 21 heavy (non-hydrogen) atoms. The number of rotatable bonds is 5. The zero-order valence-corrected chi connectivity index (χ0v) is 12.8. The van der Waals surface area contributed by atoms with Crippen molar-refractivity contribution >= 4 is 17.9 Å². The van der Waals surface area contributed by atoms with E-state index in [2.05, 4.69) is 17.9 Å². The zero-order chi connectivity index (χ0) is 17.1. The zero-order valence-electron chi connectivity index (χ0n) is 12.8. The Balaban J connectivity index is 0. The van der Waals surface area contributed by atoms with Crippen LogP contribution < -0.4 is 0 Å². The Morgan fingerprint density at radius 2 is 1.71 bits per heavy atom. The van der Waals surface area contributed by atoms with E-state index in [9.17, 15) is 14.4 Å². The summed E-state index contributed by atoms with van der Waals surface area (Å²) in [4.78, 5) is 31.3. The van der Waals surface area contributed by atoms with Gasteiger partial charge in [0.2, 0.25) is 0 Å². The first-order valence-corrected chi connectivity index (χ1v) is 6.16. The highest BCUT2D eigenvalue weighted by molar-refractivity contribution is 5.93. The lowest BCUT2D eigenvalue weighted by Gasteiger charge is -2.17. The minimum Gasteiger partial charge on any atom is -0.478 e. The molecule has 1 N–H and O–H groups in total. The second-order valence-electron chi connectivity index (χ2n) is 4.65. The molecule has 6 nitrogen and oxygen atoms in total. The summed E-state index contributed by atoms with van der Waals surface area (Å²) in [5, 5.41) is 8.19. The summed E-state index contributed by atoms with van der Waals surface area (Å²) < 4.78 is 9.38. The predicted octanol–water partition coefficient (Wildman–Crippen LogP) is 2.26. The molecule has 0 aliphatic heterocycles. The number of esters is 2. The highest BCUT2D eigenvalue weighted by atomic mass is 16.6. The van der Waals surface area contributed by atoms with Crippen molar-refractivity contribution in [2.24, 2.45) is 0 Å². The van der Waals surface area contributed by atoms with Crippen LogP contribution in [0.25, 0.3) is 0 Å². The molecule has 0 bridgehead atoms. The van der Waals surface area contributed by atoms with E-state index in [0.717, 1.165) is 18.2 Å². The molecule has 0 aromatic heterocycles. The Hall–Kier alpha value is -2.37. The Kier molecular flexibility index (Phi) is 10.4. The van der Waals surface area contributed by atoms with E-state index in [1.165, 1.54) is 0 Å². The van der Waals surface area contributed by atoms with Crippen molar-refractivity contribution in [3.8, 4) is 0 Å². The summed E-state index contributed by atoms with van der Waals surface area (Å²) in [7, 11) is 0. The fraction of sp³-hybridized carbons (Fsp3) is 0.400. The van der Waals surface area contributed by atoms with Crippen LogP contribution in [0.4, 0.5) is 0 Å². The highest BCUT2D eigenvalue weighted by Crippen LogP contribution is 2.06. The SMILES string of the molecule is C=C(C=CC(=O)O)C(=O)OCC.C=CC(=O)OC(C)(C)C. The number of carboxylic acid groups (broad SMARTS) is 1. The molecule has 0 aliphatic rings. The quantitative estimate of drug-likeness (QED) is 0.475. The maximum Gasteiger partial charge on any atom is 0.337 e. The second-order valence-corrected chi connectivity index (χ2v) is 4.65. The third kappa shape index (κ3) is 15.6. The van der Waals surface area contributed by atoms with Crippen LogP contribution in [-0.2, 0) is 23.9 Å². The standard InChI is InChI=1S/C8H10O4.C7H12O2/c1-3-12-8(11)6(2)4-5-7(9)10;1-5-6(8)9-7(2,3)4/h4-5H,2-3H2,1H3,(H,9,10);5H,1H2,2-4H3. The molecule has 118 valence electrons. The average molecular weight is 298 g/mol. The molecule has 6 heteroatoms. The highest BCUT2D eigenvalue weighted by Gasteiger charge is 2.12. The molecule has 0 aliphatic carbocycles. The van der Waals surface area contributed by atoms with Crippen molar-refractivity contribution in [1.29, 1.82) is 0 Å². The minimum atomic E-state index is -1.12. The summed E-state index contributed by atoms with van der Waals surface area (Å²) in [6, 6.07) is 0. The fourth-order valence-electron chi connectivity index (χ4n) is 0.807. The summed E-state index contributed by atoms with van der Waals surface area (Å²) in [5.41, 5.74) is -0.370. The first-order chi connectivity index (χ1) is 9.53. The average Bonchev–Trinajstić information content (AvgIpc) is 2.34. The Morgan fingerprint density at radius 1 is 1.19 bits per heavy atom. The van der Waals surface area contributed by atoms with Gasteiger partial charge in [-0.15, -0.1) is 0 Å². The molecular weight excluding hydrogens is 276 g/mol. The summed E-state index contributed by atoms with van der Waals surface area (Å²) in [6.07, 6.45) is 3.09. The van der Waals surface area contributed by atoms with Crippen LogP contribution in [0.15, 0.2) is 37.0 Å². The predicted molar refractivity (Wildman–Crippen MR) is 78.6 cm³/mol. The van der Waals surface area contributed by atoms with Gasteiger partial charge in [0.05, 0.1) is 12.2 Å². The molecule has 0 unspecified atom stereocenters. The Labute approximate surface area is 124 Å². The molecule has 0 aromatic carbocycles. The van der Waals surface area contributed by atoms with Crippen LogP contribution in [0.5, 0.6) is 0 Å². The van der Waals surface area contributed by atoms with Gasteiger partial charge in [0.1, 0.15) is 5.60 Å². The fourth-order valence-corrected chi connectivity index (χ4v) is 0.807. The van der Waals surface area contributed by atoms with Gasteiger partial charge < -0.3 is 14.6 Å². The lowest BCUT2D eigenvalue weighted by molar-refractivity contribution is -0.148. The van der Waals surface area contributed by atoms with E-state index in [-0.39, 0.29) is 18.1 Å². The topological polar surface area (TPSA) is 89.9 Å². The molecule has 0 aromatic rings. The molecule has 0 saturated heterocycles. The van der Waals surface area contributed by atoms with E-state index in [4.69, 9.17) is 9.84 Å². The van der Waals surface area contributed by atoms with E-state index in [0.29, 0.717) is 0 Å².